The number of thioether (sulfide) groups is 1. The summed E-state index contributed by atoms with van der Waals surface area (Å²) in [5, 5.41) is 12.1. The first-order chi connectivity index (χ1) is 8.97. The zero-order valence-corrected chi connectivity index (χ0v) is 12.5. The van der Waals surface area contributed by atoms with Crippen LogP contribution < -0.4 is 5.32 Å². The highest BCUT2D eigenvalue weighted by Gasteiger charge is 2.21. The molecular weight excluding hydrogens is 262 g/mol. The van der Waals surface area contributed by atoms with E-state index in [0.717, 1.165) is 17.5 Å². The SMILES string of the molecule is Cn1ccnc1SCCNc1nnc(C(C)(C)C)o1. The van der Waals surface area contributed by atoms with Crippen molar-refractivity contribution in [1.82, 2.24) is 19.7 Å². The number of aromatic nitrogens is 4. The van der Waals surface area contributed by atoms with Crippen LogP contribution in [-0.4, -0.2) is 32.0 Å². The standard InChI is InChI=1S/C12H19N5OS/c1-12(2,3)9-15-16-10(18-9)13-6-8-19-11-14-5-7-17(11)4/h5,7H,6,8H2,1-4H3,(H,13,16). The number of imidazole rings is 1. The van der Waals surface area contributed by atoms with Crippen molar-refractivity contribution < 1.29 is 4.42 Å². The fourth-order valence-electron chi connectivity index (χ4n) is 1.39. The number of hydrogen-bond acceptors (Lipinski definition) is 6. The van der Waals surface area contributed by atoms with E-state index >= 15 is 0 Å². The van der Waals surface area contributed by atoms with Gasteiger partial charge in [0.25, 0.3) is 0 Å². The molecule has 0 saturated carbocycles. The first kappa shape index (κ1) is 13.9. The van der Waals surface area contributed by atoms with E-state index in [1.165, 1.54) is 0 Å². The maximum Gasteiger partial charge on any atom is 0.315 e. The molecule has 6 nitrogen and oxygen atoms in total. The van der Waals surface area contributed by atoms with Crippen LogP contribution in [0.5, 0.6) is 0 Å². The lowest BCUT2D eigenvalue weighted by Crippen LogP contribution is -2.11. The Morgan fingerprint density at radius 1 is 1.37 bits per heavy atom. The average molecular weight is 281 g/mol. The van der Waals surface area contributed by atoms with Crippen LogP contribution in [0.25, 0.3) is 0 Å². The van der Waals surface area contributed by atoms with Crippen LogP contribution >= 0.6 is 11.8 Å². The summed E-state index contributed by atoms with van der Waals surface area (Å²) in [6, 6.07) is 0.477. The zero-order chi connectivity index (χ0) is 13.9. The van der Waals surface area contributed by atoms with Crippen molar-refractivity contribution in [3.8, 4) is 0 Å². The summed E-state index contributed by atoms with van der Waals surface area (Å²) < 4.78 is 7.54. The molecule has 0 saturated heterocycles. The average Bonchev–Trinajstić information content (AvgIpc) is 2.93. The quantitative estimate of drug-likeness (QED) is 0.670. The van der Waals surface area contributed by atoms with E-state index < -0.39 is 0 Å². The molecule has 2 aromatic heterocycles. The number of aryl methyl sites for hydroxylation is 1. The molecule has 0 radical (unpaired) electrons. The van der Waals surface area contributed by atoms with E-state index in [1.807, 2.05) is 38.6 Å². The smallest absolute Gasteiger partial charge is 0.315 e. The van der Waals surface area contributed by atoms with Gasteiger partial charge >= 0.3 is 6.01 Å². The Balaban J connectivity index is 1.77. The van der Waals surface area contributed by atoms with E-state index in [9.17, 15) is 0 Å². The molecule has 2 aromatic rings. The molecule has 0 atom stereocenters. The van der Waals surface area contributed by atoms with Gasteiger partial charge in [-0.2, -0.15) is 0 Å². The summed E-state index contributed by atoms with van der Waals surface area (Å²) in [6.07, 6.45) is 3.73. The van der Waals surface area contributed by atoms with Crippen molar-refractivity contribution >= 4 is 17.8 Å². The monoisotopic (exact) mass is 281 g/mol. The minimum Gasteiger partial charge on any atom is -0.408 e. The van der Waals surface area contributed by atoms with E-state index in [1.54, 1.807) is 18.0 Å². The molecule has 1 N–H and O–H groups in total. The van der Waals surface area contributed by atoms with Crippen LogP contribution in [0.2, 0.25) is 0 Å². The lowest BCUT2D eigenvalue weighted by Gasteiger charge is -2.10. The van der Waals surface area contributed by atoms with Crippen LogP contribution in [0.15, 0.2) is 22.0 Å². The van der Waals surface area contributed by atoms with Crippen molar-refractivity contribution in [3.05, 3.63) is 18.3 Å². The predicted molar refractivity (Wildman–Crippen MR) is 75.4 cm³/mol. The second-order valence-corrected chi connectivity index (χ2v) is 6.32. The Bertz CT molecular complexity index is 528. The number of nitrogens with zero attached hydrogens (tertiary/aromatic N) is 4. The number of anilines is 1. The van der Waals surface area contributed by atoms with E-state index in [-0.39, 0.29) is 5.41 Å². The summed E-state index contributed by atoms with van der Waals surface area (Å²) in [5.41, 5.74) is -0.116. The molecule has 2 heterocycles. The minimum atomic E-state index is -0.116. The molecule has 0 aliphatic rings. The van der Waals surface area contributed by atoms with Gasteiger partial charge in [0.05, 0.1) is 0 Å². The lowest BCUT2D eigenvalue weighted by atomic mass is 9.97. The molecule has 0 aliphatic heterocycles. The van der Waals surface area contributed by atoms with Crippen molar-refractivity contribution in [3.63, 3.8) is 0 Å². The molecule has 0 unspecified atom stereocenters. The molecule has 0 aliphatic carbocycles. The van der Waals surface area contributed by atoms with Gasteiger partial charge in [0.1, 0.15) is 0 Å². The van der Waals surface area contributed by atoms with Gasteiger partial charge in [-0.3, -0.25) is 0 Å². The zero-order valence-electron chi connectivity index (χ0n) is 11.7. The van der Waals surface area contributed by atoms with E-state index in [2.05, 4.69) is 20.5 Å². The van der Waals surface area contributed by atoms with Crippen molar-refractivity contribution in [2.45, 2.75) is 31.3 Å². The van der Waals surface area contributed by atoms with Crippen molar-refractivity contribution in [1.29, 1.82) is 0 Å². The Hall–Kier alpha value is -1.50. The summed E-state index contributed by atoms with van der Waals surface area (Å²) in [5.74, 6) is 1.53. The number of nitrogens with one attached hydrogen (secondary N) is 1. The normalized spacial score (nSPS) is 11.8. The fraction of sp³-hybridized carbons (Fsp3) is 0.583. The fourth-order valence-corrected chi connectivity index (χ4v) is 2.18. The number of hydrogen-bond donors (Lipinski definition) is 1. The molecular formula is C12H19N5OS. The molecule has 0 amide bonds. The Labute approximate surface area is 117 Å². The highest BCUT2D eigenvalue weighted by Crippen LogP contribution is 2.22. The van der Waals surface area contributed by atoms with E-state index in [4.69, 9.17) is 4.42 Å². The maximum atomic E-state index is 5.55. The van der Waals surface area contributed by atoms with Gasteiger partial charge in [0, 0.05) is 37.2 Å². The largest absolute Gasteiger partial charge is 0.408 e. The predicted octanol–water partition coefficient (Wildman–Crippen LogP) is 2.30. The van der Waals surface area contributed by atoms with Crippen LogP contribution in [0.3, 0.4) is 0 Å². The lowest BCUT2D eigenvalue weighted by molar-refractivity contribution is 0.399. The van der Waals surface area contributed by atoms with E-state index in [0.29, 0.717) is 11.9 Å². The van der Waals surface area contributed by atoms with Crippen molar-refractivity contribution in [2.75, 3.05) is 17.6 Å². The Morgan fingerprint density at radius 2 is 2.16 bits per heavy atom. The minimum absolute atomic E-state index is 0.116. The second-order valence-electron chi connectivity index (χ2n) is 5.26. The molecule has 0 bridgehead atoms. The summed E-state index contributed by atoms with van der Waals surface area (Å²) in [6.45, 7) is 6.88. The summed E-state index contributed by atoms with van der Waals surface area (Å²) >= 11 is 1.68. The molecule has 104 valence electrons. The van der Waals surface area contributed by atoms with Gasteiger partial charge in [0.2, 0.25) is 5.89 Å². The highest BCUT2D eigenvalue weighted by atomic mass is 32.2. The molecule has 7 heteroatoms. The van der Waals surface area contributed by atoms with Gasteiger partial charge in [-0.25, -0.2) is 4.98 Å². The highest BCUT2D eigenvalue weighted by molar-refractivity contribution is 7.99. The molecule has 0 spiro atoms. The Morgan fingerprint density at radius 3 is 2.74 bits per heavy atom. The maximum absolute atomic E-state index is 5.55. The van der Waals surface area contributed by atoms with Gasteiger partial charge in [-0.1, -0.05) is 37.6 Å². The van der Waals surface area contributed by atoms with Crippen LogP contribution in [-0.2, 0) is 12.5 Å². The summed E-state index contributed by atoms with van der Waals surface area (Å²) in [4.78, 5) is 4.24. The third kappa shape index (κ3) is 3.73. The van der Waals surface area contributed by atoms with Gasteiger partial charge in [-0.15, -0.1) is 5.10 Å². The van der Waals surface area contributed by atoms with Crippen LogP contribution in [0.4, 0.5) is 6.01 Å². The summed E-state index contributed by atoms with van der Waals surface area (Å²) in [7, 11) is 1.98. The van der Waals surface area contributed by atoms with Crippen LogP contribution in [0.1, 0.15) is 26.7 Å². The molecule has 2 rings (SSSR count). The Kier molecular flexibility index (Phi) is 4.14. The first-order valence-corrected chi connectivity index (χ1v) is 7.13. The first-order valence-electron chi connectivity index (χ1n) is 6.15. The van der Waals surface area contributed by atoms with Crippen LogP contribution in [0, 0.1) is 0 Å². The van der Waals surface area contributed by atoms with Gasteiger partial charge < -0.3 is 14.3 Å². The molecule has 0 fully saturated rings. The molecule has 19 heavy (non-hydrogen) atoms. The topological polar surface area (TPSA) is 68.8 Å². The van der Waals surface area contributed by atoms with Gasteiger partial charge in [-0.05, 0) is 0 Å². The van der Waals surface area contributed by atoms with Gasteiger partial charge in [0.15, 0.2) is 5.16 Å². The molecule has 0 aromatic carbocycles. The third-order valence-electron chi connectivity index (χ3n) is 2.45. The third-order valence-corrected chi connectivity index (χ3v) is 3.51. The van der Waals surface area contributed by atoms with Crippen molar-refractivity contribution in [2.24, 2.45) is 7.05 Å². The second kappa shape index (κ2) is 5.64. The number of rotatable bonds is 5.